The average Bonchev–Trinajstić information content (AvgIpc) is 2.52. The maximum Gasteiger partial charge on any atom is 0.123 e. The molecule has 0 aliphatic rings. The summed E-state index contributed by atoms with van der Waals surface area (Å²) in [6.45, 7) is 11.3. The van der Waals surface area contributed by atoms with Gasteiger partial charge in [-0.25, -0.2) is 0 Å². The molecule has 0 rings (SSSR count). The third kappa shape index (κ3) is 9.32. The molecule has 3 atom stereocenters. The summed E-state index contributed by atoms with van der Waals surface area (Å²) >= 11 is 0. The van der Waals surface area contributed by atoms with Gasteiger partial charge in [0.25, 0.3) is 0 Å². The zero-order valence-corrected chi connectivity index (χ0v) is 15.4. The Balaban J connectivity index is 4.57. The van der Waals surface area contributed by atoms with Crippen LogP contribution < -0.4 is 0 Å². The van der Waals surface area contributed by atoms with Gasteiger partial charge in [0, 0.05) is 5.92 Å². The van der Waals surface area contributed by atoms with Crippen LogP contribution in [0.15, 0.2) is 0 Å². The highest BCUT2D eigenvalue weighted by molar-refractivity contribution is 5.53. The molecular weight excluding hydrogens is 256 g/mol. The molecule has 0 aliphatic heterocycles. The van der Waals surface area contributed by atoms with Crippen LogP contribution >= 0.6 is 0 Å². The number of hydrogen-bond donors (Lipinski definition) is 0. The summed E-state index contributed by atoms with van der Waals surface area (Å²) in [6, 6.07) is 0. The Morgan fingerprint density at radius 2 is 1.24 bits per heavy atom. The zero-order chi connectivity index (χ0) is 16.1. The van der Waals surface area contributed by atoms with E-state index in [0.29, 0.717) is 5.92 Å². The van der Waals surface area contributed by atoms with Crippen molar-refractivity contribution in [3.05, 3.63) is 0 Å². The first-order valence-electron chi connectivity index (χ1n) is 9.57. The van der Waals surface area contributed by atoms with Gasteiger partial charge in [-0.2, -0.15) is 0 Å². The van der Waals surface area contributed by atoms with Crippen molar-refractivity contribution < 1.29 is 4.79 Å². The highest BCUT2D eigenvalue weighted by Crippen LogP contribution is 2.32. The van der Waals surface area contributed by atoms with Gasteiger partial charge in [0.2, 0.25) is 0 Å². The van der Waals surface area contributed by atoms with E-state index < -0.39 is 0 Å². The van der Waals surface area contributed by atoms with Crippen LogP contribution in [0.5, 0.6) is 0 Å². The maximum atomic E-state index is 11.3. The molecule has 0 spiro atoms. The van der Waals surface area contributed by atoms with Gasteiger partial charge in [-0.15, -0.1) is 0 Å². The summed E-state index contributed by atoms with van der Waals surface area (Å²) in [5.41, 5.74) is 0. The van der Waals surface area contributed by atoms with E-state index in [9.17, 15) is 4.79 Å². The van der Waals surface area contributed by atoms with Crippen molar-refractivity contribution in [1.29, 1.82) is 0 Å². The minimum Gasteiger partial charge on any atom is -0.303 e. The van der Waals surface area contributed by atoms with E-state index in [1.54, 1.807) is 0 Å². The first-order chi connectivity index (χ1) is 10.1. The van der Waals surface area contributed by atoms with Gasteiger partial charge in [0.1, 0.15) is 6.29 Å². The van der Waals surface area contributed by atoms with Crippen LogP contribution in [0, 0.1) is 23.7 Å². The highest BCUT2D eigenvalue weighted by Gasteiger charge is 2.23. The minimum atomic E-state index is 0.233. The highest BCUT2D eigenvalue weighted by atomic mass is 16.1. The molecule has 1 heteroatoms. The van der Waals surface area contributed by atoms with Gasteiger partial charge in [-0.05, 0) is 30.6 Å². The van der Waals surface area contributed by atoms with Crippen molar-refractivity contribution in [3.63, 3.8) is 0 Å². The van der Waals surface area contributed by atoms with Gasteiger partial charge in [-0.3, -0.25) is 0 Å². The van der Waals surface area contributed by atoms with Gasteiger partial charge in [0.05, 0.1) is 0 Å². The predicted molar refractivity (Wildman–Crippen MR) is 94.6 cm³/mol. The third-order valence-electron chi connectivity index (χ3n) is 5.32. The van der Waals surface area contributed by atoms with Gasteiger partial charge in [0.15, 0.2) is 0 Å². The SMILES string of the molecule is CCCCC(CC)CC(CC(CC)CCCC)C(C)C=O. The topological polar surface area (TPSA) is 17.1 Å². The summed E-state index contributed by atoms with van der Waals surface area (Å²) < 4.78 is 0. The van der Waals surface area contributed by atoms with E-state index in [0.717, 1.165) is 11.8 Å². The summed E-state index contributed by atoms with van der Waals surface area (Å²) in [7, 11) is 0. The van der Waals surface area contributed by atoms with Crippen LogP contribution in [0.2, 0.25) is 0 Å². The van der Waals surface area contributed by atoms with E-state index in [2.05, 4.69) is 34.6 Å². The van der Waals surface area contributed by atoms with Crippen molar-refractivity contribution in [3.8, 4) is 0 Å². The van der Waals surface area contributed by atoms with Crippen LogP contribution in [0.4, 0.5) is 0 Å². The largest absolute Gasteiger partial charge is 0.303 e. The third-order valence-corrected chi connectivity index (χ3v) is 5.32. The Morgan fingerprint density at radius 1 is 0.810 bits per heavy atom. The number of hydrogen-bond acceptors (Lipinski definition) is 1. The second-order valence-corrected chi connectivity index (χ2v) is 7.06. The predicted octanol–water partition coefficient (Wildman–Crippen LogP) is 6.65. The molecule has 0 aromatic carbocycles. The Morgan fingerprint density at radius 3 is 1.52 bits per heavy atom. The number of unbranched alkanes of at least 4 members (excludes halogenated alkanes) is 2. The van der Waals surface area contributed by atoms with E-state index in [-0.39, 0.29) is 5.92 Å². The van der Waals surface area contributed by atoms with E-state index >= 15 is 0 Å². The standard InChI is InChI=1S/C20H40O/c1-6-10-12-18(8-3)14-20(17(5)16-21)15-19(9-4)13-11-7-2/h16-20H,6-15H2,1-5H3. The lowest BCUT2D eigenvalue weighted by Crippen LogP contribution is -2.20. The molecule has 126 valence electrons. The van der Waals surface area contributed by atoms with Gasteiger partial charge >= 0.3 is 0 Å². The molecule has 0 amide bonds. The Hall–Kier alpha value is -0.330. The van der Waals surface area contributed by atoms with Crippen LogP contribution in [-0.4, -0.2) is 6.29 Å². The van der Waals surface area contributed by atoms with E-state index in [1.807, 2.05) is 0 Å². The van der Waals surface area contributed by atoms with Crippen molar-refractivity contribution in [2.24, 2.45) is 23.7 Å². The van der Waals surface area contributed by atoms with E-state index in [1.165, 1.54) is 70.5 Å². The number of aldehydes is 1. The summed E-state index contributed by atoms with van der Waals surface area (Å²) in [4.78, 5) is 11.3. The molecule has 0 saturated carbocycles. The molecule has 1 nitrogen and oxygen atoms in total. The molecule has 3 unspecified atom stereocenters. The summed E-state index contributed by atoms with van der Waals surface area (Å²) in [6.07, 6.45) is 14.2. The quantitative estimate of drug-likeness (QED) is 0.328. The summed E-state index contributed by atoms with van der Waals surface area (Å²) in [5, 5.41) is 0. The molecule has 0 heterocycles. The summed E-state index contributed by atoms with van der Waals surface area (Å²) in [5.74, 6) is 2.48. The Kier molecular flexibility index (Phi) is 13.1. The molecule has 21 heavy (non-hydrogen) atoms. The van der Waals surface area contributed by atoms with Crippen LogP contribution in [-0.2, 0) is 4.79 Å². The first-order valence-corrected chi connectivity index (χ1v) is 9.57. The fourth-order valence-electron chi connectivity index (χ4n) is 3.46. The van der Waals surface area contributed by atoms with Crippen molar-refractivity contribution in [1.82, 2.24) is 0 Å². The second-order valence-electron chi connectivity index (χ2n) is 7.06. The van der Waals surface area contributed by atoms with Gasteiger partial charge in [-0.1, -0.05) is 86.0 Å². The molecule has 0 aromatic rings. The van der Waals surface area contributed by atoms with E-state index in [4.69, 9.17) is 0 Å². The van der Waals surface area contributed by atoms with Crippen LogP contribution in [0.25, 0.3) is 0 Å². The number of carbonyl (C=O) groups is 1. The maximum absolute atomic E-state index is 11.3. The Bertz CT molecular complexity index is 218. The second kappa shape index (κ2) is 13.3. The lowest BCUT2D eigenvalue weighted by atomic mass is 9.76. The van der Waals surface area contributed by atoms with Gasteiger partial charge < -0.3 is 4.79 Å². The molecule has 0 bridgehead atoms. The lowest BCUT2D eigenvalue weighted by Gasteiger charge is -2.28. The lowest BCUT2D eigenvalue weighted by molar-refractivity contribution is -0.112. The van der Waals surface area contributed by atoms with Crippen LogP contribution in [0.1, 0.15) is 98.8 Å². The van der Waals surface area contributed by atoms with Crippen molar-refractivity contribution in [2.45, 2.75) is 98.8 Å². The molecule has 0 aromatic heterocycles. The van der Waals surface area contributed by atoms with Crippen LogP contribution in [0.3, 0.4) is 0 Å². The number of rotatable bonds is 14. The smallest absolute Gasteiger partial charge is 0.123 e. The average molecular weight is 297 g/mol. The normalized spacial score (nSPS) is 17.2. The molecular formula is C20H40O. The van der Waals surface area contributed by atoms with Crippen molar-refractivity contribution >= 4 is 6.29 Å². The minimum absolute atomic E-state index is 0.233. The monoisotopic (exact) mass is 296 g/mol. The molecule has 0 N–H and O–H groups in total. The number of carbonyl (C=O) groups excluding carboxylic acids is 1. The van der Waals surface area contributed by atoms with Crippen molar-refractivity contribution in [2.75, 3.05) is 0 Å². The Labute approximate surface area is 134 Å². The zero-order valence-electron chi connectivity index (χ0n) is 15.4. The molecule has 0 radical (unpaired) electrons. The molecule has 0 aliphatic carbocycles. The fourth-order valence-corrected chi connectivity index (χ4v) is 3.46. The molecule has 0 saturated heterocycles. The first kappa shape index (κ1) is 20.7. The fraction of sp³-hybridized carbons (Fsp3) is 0.950. The molecule has 0 fully saturated rings.